The molecule has 0 saturated heterocycles. The number of hydrogen-bond acceptors (Lipinski definition) is 4. The highest BCUT2D eigenvalue weighted by Crippen LogP contribution is 1.98. The van der Waals surface area contributed by atoms with Gasteiger partial charge in [-0.05, 0) is 6.92 Å². The van der Waals surface area contributed by atoms with Crippen molar-refractivity contribution < 1.29 is 22.1 Å². The maximum atomic E-state index is 3.94. The highest BCUT2D eigenvalue weighted by Gasteiger charge is 1.76. The molecule has 5 nitrogen and oxygen atoms in total. The van der Waals surface area contributed by atoms with Crippen molar-refractivity contribution in [3.63, 3.8) is 0 Å². The van der Waals surface area contributed by atoms with E-state index in [4.69, 9.17) is 0 Å². The predicted molar refractivity (Wildman–Crippen MR) is 39.8 cm³/mol. The summed E-state index contributed by atoms with van der Waals surface area (Å²) >= 11 is 1.67. The molecule has 7 heteroatoms. The second-order valence-electron chi connectivity index (χ2n) is 1.65. The van der Waals surface area contributed by atoms with Crippen LogP contribution in [0.5, 0.6) is 0 Å². The van der Waals surface area contributed by atoms with Crippen LogP contribution in [0.25, 0.3) is 0 Å². The highest BCUT2D eigenvalue weighted by molar-refractivity contribution is 7.09. The van der Waals surface area contributed by atoms with Crippen LogP contribution in [0.1, 0.15) is 5.01 Å². The Hall–Kier alpha value is -0.820. The molecule has 2 aromatic heterocycles. The normalized spacial score (nSPS) is 7.75. The molecule has 0 aliphatic heterocycles. The zero-order valence-corrected chi connectivity index (χ0v) is 8.76. The van der Waals surface area contributed by atoms with E-state index in [1.54, 1.807) is 17.5 Å². The fourth-order valence-corrected chi connectivity index (χ4v) is 0.879. The predicted octanol–water partition coefficient (Wildman–Crippen LogP) is -2.93. The van der Waals surface area contributed by atoms with Crippen molar-refractivity contribution in [3.8, 4) is 0 Å². The molecule has 0 spiro atoms. The van der Waals surface area contributed by atoms with E-state index in [-0.39, 0.29) is 17.0 Å². The first-order chi connectivity index (χ1) is 5.39. The van der Waals surface area contributed by atoms with Crippen LogP contribution in [0, 0.1) is 6.92 Å². The van der Waals surface area contributed by atoms with Crippen LogP contribution >= 0.6 is 11.3 Å². The van der Waals surface area contributed by atoms with Crippen molar-refractivity contribution in [1.82, 2.24) is 20.5 Å². The summed E-state index contributed by atoms with van der Waals surface area (Å²) in [4.78, 5) is 3.94. The molecule has 0 radical (unpaired) electrons. The summed E-state index contributed by atoms with van der Waals surface area (Å²) in [5.41, 5.74) is 0. The van der Waals surface area contributed by atoms with E-state index in [1.165, 1.54) is 6.33 Å². The van der Waals surface area contributed by atoms with Gasteiger partial charge in [0.2, 0.25) is 0 Å². The van der Waals surface area contributed by atoms with E-state index in [9.17, 15) is 0 Å². The molecule has 2 heterocycles. The molecule has 0 atom stereocenters. The van der Waals surface area contributed by atoms with Gasteiger partial charge in [-0.1, -0.05) is 5.21 Å². The number of aryl methyl sites for hydroxylation is 1. The van der Waals surface area contributed by atoms with Crippen LogP contribution < -0.4 is 22.1 Å². The Balaban J connectivity index is 0.000000189. The Morgan fingerprint density at radius 2 is 2.42 bits per heavy atom. The van der Waals surface area contributed by atoms with Gasteiger partial charge in [-0.2, -0.15) is 5.10 Å². The Morgan fingerprint density at radius 3 is 2.58 bits per heavy atom. The lowest BCUT2D eigenvalue weighted by Gasteiger charge is -1.65. The molecule has 0 bridgehead atoms. The molecule has 0 saturated carbocycles. The van der Waals surface area contributed by atoms with Crippen LogP contribution in [0.15, 0.2) is 17.9 Å². The lowest BCUT2D eigenvalue weighted by molar-refractivity contribution is -0.456. The molecule has 66 valence electrons. The summed E-state index contributed by atoms with van der Waals surface area (Å²) in [6.07, 6.45) is 3.26. The molecule has 2 rings (SSSR count). The number of aromatic amines is 2. The maximum Gasteiger partial charge on any atom is 0.286 e. The summed E-state index contributed by atoms with van der Waals surface area (Å²) in [7, 11) is 0. The minimum absolute atomic E-state index is 0. The second-order valence-corrected chi connectivity index (χ2v) is 2.75. The number of aromatic nitrogens is 5. The molecule has 0 amide bonds. The Kier molecular flexibility index (Phi) is 6.39. The first-order valence-corrected chi connectivity index (χ1v) is 3.86. The monoisotopic (exact) mass is 249 g/mol. The molecule has 0 unspecified atom stereocenters. The van der Waals surface area contributed by atoms with E-state index in [0.717, 1.165) is 5.01 Å². The third kappa shape index (κ3) is 4.91. The summed E-state index contributed by atoms with van der Waals surface area (Å²) < 4.78 is 0. The third-order valence-corrected chi connectivity index (χ3v) is 1.55. The molecule has 12 heavy (non-hydrogen) atoms. The van der Waals surface area contributed by atoms with Crippen LogP contribution in [-0.2, 0) is 0 Å². The van der Waals surface area contributed by atoms with Crippen molar-refractivity contribution in [2.75, 3.05) is 0 Å². The van der Waals surface area contributed by atoms with Gasteiger partial charge in [-0.25, -0.2) is 0 Å². The van der Waals surface area contributed by atoms with Crippen LogP contribution in [-0.4, -0.2) is 20.5 Å². The molecule has 0 aliphatic carbocycles. The summed E-state index contributed by atoms with van der Waals surface area (Å²) in [6.45, 7) is 1.99. The van der Waals surface area contributed by atoms with Gasteiger partial charge in [-0.3, -0.25) is 4.98 Å². The highest BCUT2D eigenvalue weighted by atomic mass is 79.9. The number of tetrazole rings is 1. The number of H-pyrrole nitrogens is 2. The number of nitrogens with one attached hydrogen (secondary N) is 2. The van der Waals surface area contributed by atoms with Gasteiger partial charge >= 0.3 is 0 Å². The average Bonchev–Trinajstić information content (AvgIpc) is 2.57. The van der Waals surface area contributed by atoms with Gasteiger partial charge in [0.1, 0.15) is 5.10 Å². The van der Waals surface area contributed by atoms with Crippen molar-refractivity contribution in [1.29, 1.82) is 0 Å². The maximum absolute atomic E-state index is 3.94. The van der Waals surface area contributed by atoms with E-state index >= 15 is 0 Å². The van der Waals surface area contributed by atoms with Crippen LogP contribution in [0.2, 0.25) is 0 Å². The Labute approximate surface area is 84.0 Å². The van der Waals surface area contributed by atoms with Crippen molar-refractivity contribution in [3.05, 3.63) is 22.9 Å². The van der Waals surface area contributed by atoms with Crippen LogP contribution in [0.4, 0.5) is 0 Å². The van der Waals surface area contributed by atoms with E-state index in [1.807, 2.05) is 12.3 Å². The number of hydrogen-bond donors (Lipinski definition) is 1. The minimum atomic E-state index is 0. The minimum Gasteiger partial charge on any atom is -1.00 e. The largest absolute Gasteiger partial charge is 1.00 e. The van der Waals surface area contributed by atoms with E-state index in [2.05, 4.69) is 25.6 Å². The van der Waals surface area contributed by atoms with Gasteiger partial charge in [0.15, 0.2) is 5.21 Å². The Morgan fingerprint density at radius 1 is 1.58 bits per heavy atom. The lowest BCUT2D eigenvalue weighted by Crippen LogP contribution is -3.00. The SMILES string of the molecule is Cc1nccs1.[Br-].c1nn[nH][nH+]1. The first kappa shape index (κ1) is 11.2. The van der Waals surface area contributed by atoms with Crippen molar-refractivity contribution >= 4 is 11.3 Å². The summed E-state index contributed by atoms with van der Waals surface area (Å²) in [5.74, 6) is 0. The van der Waals surface area contributed by atoms with Crippen LogP contribution in [0.3, 0.4) is 0 Å². The molecule has 0 aliphatic rings. The van der Waals surface area contributed by atoms with Crippen molar-refractivity contribution in [2.45, 2.75) is 6.92 Å². The standard InChI is InChI=1S/C4H5NS.CH2N4.BrH/c1-4-5-2-3-6-4;1-2-4-5-3-1;/h2-3H,1H3;1H,(H,2,3,4,5);1H. The zero-order valence-electron chi connectivity index (χ0n) is 6.36. The van der Waals surface area contributed by atoms with Gasteiger partial charge in [0.05, 0.1) is 5.01 Å². The number of halogens is 1. The topological polar surface area (TPSA) is 68.6 Å². The van der Waals surface area contributed by atoms with Gasteiger partial charge in [0, 0.05) is 11.6 Å². The number of nitrogens with zero attached hydrogens (tertiary/aromatic N) is 3. The number of rotatable bonds is 0. The fraction of sp³-hybridized carbons (Fsp3) is 0.200. The number of thiazole rings is 1. The molecular weight excluding hydrogens is 242 g/mol. The molecule has 2 N–H and O–H groups in total. The molecule has 0 aromatic carbocycles. The lowest BCUT2D eigenvalue weighted by atomic mass is 10.8. The van der Waals surface area contributed by atoms with Gasteiger partial charge in [-0.15, -0.1) is 11.3 Å². The average molecular weight is 250 g/mol. The fourth-order valence-electron chi connectivity index (χ4n) is 0.439. The zero-order chi connectivity index (χ0) is 7.94. The van der Waals surface area contributed by atoms with Gasteiger partial charge in [0.25, 0.3) is 6.33 Å². The summed E-state index contributed by atoms with van der Waals surface area (Å²) in [5, 5.41) is 14.6. The molecular formula is C5H8BrN5S. The van der Waals surface area contributed by atoms with Gasteiger partial charge < -0.3 is 17.0 Å². The second kappa shape index (κ2) is 6.86. The third-order valence-electron chi connectivity index (χ3n) is 0.850. The summed E-state index contributed by atoms with van der Waals surface area (Å²) in [6, 6.07) is 0. The quantitative estimate of drug-likeness (QED) is 0.544. The Bertz CT molecular complexity index is 238. The molecule has 0 fully saturated rings. The van der Waals surface area contributed by atoms with E-state index in [0.29, 0.717) is 0 Å². The van der Waals surface area contributed by atoms with Crippen molar-refractivity contribution in [2.24, 2.45) is 0 Å². The first-order valence-electron chi connectivity index (χ1n) is 2.98. The molecule has 2 aromatic rings. The smallest absolute Gasteiger partial charge is 0.286 e. The van der Waals surface area contributed by atoms with E-state index < -0.39 is 0 Å².